The first-order valence-corrected chi connectivity index (χ1v) is 7.91. The molecule has 4 aromatic rings. The van der Waals surface area contributed by atoms with Crippen LogP contribution in [-0.2, 0) is 6.61 Å². The molecule has 25 heavy (non-hydrogen) atoms. The number of aromatic nitrogens is 4. The second kappa shape index (κ2) is 6.60. The highest BCUT2D eigenvalue weighted by Gasteiger charge is 2.12. The Labute approximate surface area is 144 Å². The van der Waals surface area contributed by atoms with Crippen molar-refractivity contribution in [2.24, 2.45) is 0 Å². The van der Waals surface area contributed by atoms with E-state index < -0.39 is 0 Å². The fraction of sp³-hybridized carbons (Fsp3) is 0.105. The van der Waals surface area contributed by atoms with E-state index in [-0.39, 0.29) is 0 Å². The fourth-order valence-corrected chi connectivity index (χ4v) is 2.58. The van der Waals surface area contributed by atoms with Gasteiger partial charge in [-0.2, -0.15) is 0 Å². The fourth-order valence-electron chi connectivity index (χ4n) is 2.58. The van der Waals surface area contributed by atoms with Crippen LogP contribution in [0.25, 0.3) is 22.7 Å². The lowest BCUT2D eigenvalue weighted by Crippen LogP contribution is -1.95. The number of tetrazole rings is 1. The summed E-state index contributed by atoms with van der Waals surface area (Å²) in [6, 6.07) is 20.2. The average molecular weight is 332 g/mol. The number of aryl methyl sites for hydroxylation is 1. The topological polar surface area (TPSA) is 76.8 Å². The number of benzene rings is 2. The summed E-state index contributed by atoms with van der Waals surface area (Å²) in [6.07, 6.45) is 0. The summed E-state index contributed by atoms with van der Waals surface area (Å²) in [4.78, 5) is 0. The highest BCUT2D eigenvalue weighted by atomic mass is 16.5. The lowest BCUT2D eigenvalue weighted by Gasteiger charge is -2.07. The Morgan fingerprint density at radius 1 is 1.00 bits per heavy atom. The average Bonchev–Trinajstić information content (AvgIpc) is 3.31. The number of hydrogen-bond acceptors (Lipinski definition) is 5. The first-order valence-electron chi connectivity index (χ1n) is 7.91. The quantitative estimate of drug-likeness (QED) is 0.597. The molecule has 6 heteroatoms. The van der Waals surface area contributed by atoms with Crippen LogP contribution in [0.1, 0.15) is 11.3 Å². The number of nitrogens with zero attached hydrogens (tertiary/aromatic N) is 3. The summed E-state index contributed by atoms with van der Waals surface area (Å²) in [5, 5.41) is 13.6. The van der Waals surface area contributed by atoms with Crippen molar-refractivity contribution in [3.63, 3.8) is 0 Å². The molecule has 2 aromatic carbocycles. The molecule has 0 saturated heterocycles. The monoisotopic (exact) mass is 332 g/mol. The zero-order valence-electron chi connectivity index (χ0n) is 13.6. The molecular formula is C19H16N4O2. The van der Waals surface area contributed by atoms with E-state index in [1.54, 1.807) is 0 Å². The first kappa shape index (κ1) is 15.1. The maximum Gasteiger partial charge on any atom is 0.215 e. The van der Waals surface area contributed by atoms with Crippen LogP contribution in [0.2, 0.25) is 0 Å². The predicted molar refractivity (Wildman–Crippen MR) is 92.8 cm³/mol. The largest absolute Gasteiger partial charge is 0.489 e. The number of ether oxygens (including phenoxy) is 1. The Kier molecular flexibility index (Phi) is 4.00. The van der Waals surface area contributed by atoms with Gasteiger partial charge in [-0.05, 0) is 46.7 Å². The van der Waals surface area contributed by atoms with Gasteiger partial charge in [0.2, 0.25) is 5.82 Å². The molecule has 2 aromatic heterocycles. The van der Waals surface area contributed by atoms with Gasteiger partial charge in [0.15, 0.2) is 5.76 Å². The molecule has 0 saturated carbocycles. The number of aromatic amines is 1. The van der Waals surface area contributed by atoms with Crippen LogP contribution in [0.5, 0.6) is 5.75 Å². The minimum Gasteiger partial charge on any atom is -0.489 e. The van der Waals surface area contributed by atoms with Crippen molar-refractivity contribution in [1.82, 2.24) is 20.6 Å². The normalized spacial score (nSPS) is 10.8. The van der Waals surface area contributed by atoms with E-state index >= 15 is 0 Å². The van der Waals surface area contributed by atoms with E-state index in [0.29, 0.717) is 18.2 Å². The van der Waals surface area contributed by atoms with Crippen molar-refractivity contribution in [3.05, 3.63) is 72.0 Å². The van der Waals surface area contributed by atoms with Gasteiger partial charge in [0.05, 0.1) is 0 Å². The van der Waals surface area contributed by atoms with Crippen molar-refractivity contribution in [1.29, 1.82) is 0 Å². The summed E-state index contributed by atoms with van der Waals surface area (Å²) in [5.41, 5.74) is 3.30. The van der Waals surface area contributed by atoms with E-state index in [2.05, 4.69) is 44.9 Å². The van der Waals surface area contributed by atoms with Crippen molar-refractivity contribution in [2.75, 3.05) is 0 Å². The molecule has 124 valence electrons. The second-order valence-corrected chi connectivity index (χ2v) is 5.62. The standard InChI is InChI=1S/C19H16N4O2/c1-13-16(11-18(25-13)19-20-22-23-21-19)12-24-17-9-7-15(8-10-17)14-5-3-2-4-6-14/h2-11H,12H2,1H3,(H,20,21,22,23). The predicted octanol–water partition coefficient (Wildman–Crippen LogP) is 4.01. The van der Waals surface area contributed by atoms with Crippen LogP contribution in [0.3, 0.4) is 0 Å². The molecule has 6 nitrogen and oxygen atoms in total. The molecule has 0 aliphatic rings. The molecule has 0 aliphatic heterocycles. The number of furan rings is 1. The molecule has 0 aliphatic carbocycles. The molecule has 0 radical (unpaired) electrons. The van der Waals surface area contributed by atoms with Gasteiger partial charge in [-0.15, -0.1) is 5.10 Å². The molecule has 0 bridgehead atoms. The summed E-state index contributed by atoms with van der Waals surface area (Å²) >= 11 is 0. The minimum absolute atomic E-state index is 0.418. The van der Waals surface area contributed by atoms with Crippen LogP contribution < -0.4 is 4.74 Å². The van der Waals surface area contributed by atoms with Gasteiger partial charge in [0.1, 0.15) is 18.1 Å². The van der Waals surface area contributed by atoms with Gasteiger partial charge in [-0.3, -0.25) is 0 Å². The summed E-state index contributed by atoms with van der Waals surface area (Å²) in [6.45, 7) is 2.31. The maximum atomic E-state index is 5.87. The van der Waals surface area contributed by atoms with Crippen LogP contribution in [0.15, 0.2) is 65.1 Å². The number of nitrogens with one attached hydrogen (secondary N) is 1. The SMILES string of the molecule is Cc1oc(-c2nnn[nH]2)cc1COc1ccc(-c2ccccc2)cc1. The molecular weight excluding hydrogens is 316 g/mol. The van der Waals surface area contributed by atoms with Crippen molar-refractivity contribution >= 4 is 0 Å². The summed E-state index contributed by atoms with van der Waals surface area (Å²) in [7, 11) is 0. The van der Waals surface area contributed by atoms with E-state index in [1.165, 1.54) is 5.56 Å². The van der Waals surface area contributed by atoms with E-state index in [9.17, 15) is 0 Å². The molecule has 1 N–H and O–H groups in total. The number of H-pyrrole nitrogens is 1. The van der Waals surface area contributed by atoms with E-state index in [4.69, 9.17) is 9.15 Å². The van der Waals surface area contributed by atoms with Gasteiger partial charge >= 0.3 is 0 Å². The molecule has 0 amide bonds. The van der Waals surface area contributed by atoms with Crippen LogP contribution in [0, 0.1) is 6.92 Å². The van der Waals surface area contributed by atoms with Crippen LogP contribution in [0.4, 0.5) is 0 Å². The van der Waals surface area contributed by atoms with E-state index in [0.717, 1.165) is 22.6 Å². The summed E-state index contributed by atoms with van der Waals surface area (Å²) < 4.78 is 11.5. The van der Waals surface area contributed by atoms with Gasteiger partial charge in [0.25, 0.3) is 0 Å². The molecule has 0 atom stereocenters. The highest BCUT2D eigenvalue weighted by Crippen LogP contribution is 2.25. The Hall–Kier alpha value is -3.41. The van der Waals surface area contributed by atoms with Gasteiger partial charge in [-0.1, -0.05) is 42.5 Å². The van der Waals surface area contributed by atoms with Gasteiger partial charge in [-0.25, -0.2) is 5.10 Å². The van der Waals surface area contributed by atoms with Crippen LogP contribution >= 0.6 is 0 Å². The Morgan fingerprint density at radius 3 is 2.48 bits per heavy atom. The second-order valence-electron chi connectivity index (χ2n) is 5.62. The van der Waals surface area contributed by atoms with E-state index in [1.807, 2.05) is 43.3 Å². The third-order valence-corrected chi connectivity index (χ3v) is 3.96. The summed E-state index contributed by atoms with van der Waals surface area (Å²) in [5.74, 6) is 2.69. The lowest BCUT2D eigenvalue weighted by molar-refractivity contribution is 0.303. The zero-order chi connectivity index (χ0) is 17.1. The molecule has 2 heterocycles. The molecule has 0 unspecified atom stereocenters. The Balaban J connectivity index is 1.45. The molecule has 0 spiro atoms. The third-order valence-electron chi connectivity index (χ3n) is 3.96. The smallest absolute Gasteiger partial charge is 0.215 e. The zero-order valence-corrected chi connectivity index (χ0v) is 13.6. The minimum atomic E-state index is 0.418. The lowest BCUT2D eigenvalue weighted by atomic mass is 10.1. The maximum absolute atomic E-state index is 5.87. The van der Waals surface area contributed by atoms with Gasteiger partial charge in [0, 0.05) is 5.56 Å². The number of hydrogen-bond donors (Lipinski definition) is 1. The van der Waals surface area contributed by atoms with Gasteiger partial charge < -0.3 is 9.15 Å². The molecule has 4 rings (SSSR count). The highest BCUT2D eigenvalue weighted by molar-refractivity contribution is 5.63. The first-order chi connectivity index (χ1) is 12.3. The van der Waals surface area contributed by atoms with Crippen molar-refractivity contribution < 1.29 is 9.15 Å². The van der Waals surface area contributed by atoms with Crippen molar-refractivity contribution in [2.45, 2.75) is 13.5 Å². The number of rotatable bonds is 5. The van der Waals surface area contributed by atoms with Crippen molar-refractivity contribution in [3.8, 4) is 28.5 Å². The van der Waals surface area contributed by atoms with Crippen LogP contribution in [-0.4, -0.2) is 20.6 Å². The Morgan fingerprint density at radius 2 is 1.76 bits per heavy atom. The third kappa shape index (κ3) is 3.28. The Bertz CT molecular complexity index is 945. The molecule has 0 fully saturated rings.